The zero-order chi connectivity index (χ0) is 18.1. The van der Waals surface area contributed by atoms with Gasteiger partial charge in [0, 0.05) is 9.86 Å². The Morgan fingerprint density at radius 2 is 1.92 bits per heavy atom. The smallest absolute Gasteiger partial charge is 0.286 e. The molecule has 25 heavy (non-hydrogen) atoms. The van der Waals surface area contributed by atoms with Gasteiger partial charge in [-0.3, -0.25) is 15.0 Å². The number of nitriles is 1. The second kappa shape index (κ2) is 6.35. The number of benzene rings is 2. The first kappa shape index (κ1) is 16.6. The number of carbonyl (C=O) groups excluding carboxylic acids is 1. The van der Waals surface area contributed by atoms with Crippen molar-refractivity contribution in [3.05, 3.63) is 62.5 Å². The normalized spacial score (nSPS) is 10.4. The molecule has 0 bridgehead atoms. The summed E-state index contributed by atoms with van der Waals surface area (Å²) in [4.78, 5) is 25.0. The Morgan fingerprint density at radius 1 is 1.24 bits per heavy atom. The summed E-state index contributed by atoms with van der Waals surface area (Å²) in [5.41, 5.74) is 7.92. The summed E-state index contributed by atoms with van der Waals surface area (Å²) < 4.78 is 1.87. The van der Waals surface area contributed by atoms with Crippen LogP contribution < -0.4 is 22.6 Å². The summed E-state index contributed by atoms with van der Waals surface area (Å²) in [5.74, 6) is 4.54. The Bertz CT molecular complexity index is 1100. The first-order valence-electron chi connectivity index (χ1n) is 7.00. The predicted molar refractivity (Wildman–Crippen MR) is 95.8 cm³/mol. The van der Waals surface area contributed by atoms with Gasteiger partial charge in [0.2, 0.25) is 0 Å². The maximum Gasteiger partial charge on any atom is 0.286 e. The maximum absolute atomic E-state index is 12.9. The molecule has 1 aromatic heterocycles. The molecule has 8 nitrogen and oxygen atoms in total. The average Bonchev–Trinajstić information content (AvgIpc) is 2.62. The summed E-state index contributed by atoms with van der Waals surface area (Å²) in [6.07, 6.45) is 0. The number of anilines is 1. The number of nitrogen functional groups attached to an aromatic ring is 2. The molecule has 0 atom stereocenters. The van der Waals surface area contributed by atoms with E-state index >= 15 is 0 Å². The van der Waals surface area contributed by atoms with E-state index in [0.717, 1.165) is 9.15 Å². The molecule has 124 valence electrons. The molecule has 0 radical (unpaired) electrons. The Morgan fingerprint density at radius 3 is 2.52 bits per heavy atom. The van der Waals surface area contributed by atoms with Crippen LogP contribution in [0.25, 0.3) is 16.5 Å². The van der Waals surface area contributed by atoms with Gasteiger partial charge in [0.05, 0.1) is 22.3 Å². The fraction of sp³-hybridized carbons (Fsp3) is 0. The molecular weight excluding hydrogens is 388 g/mol. The number of rotatable bonds is 2. The zero-order valence-electron chi connectivity index (χ0n) is 12.7. The van der Waals surface area contributed by atoms with E-state index in [2.05, 4.69) is 21.0 Å². The van der Waals surface area contributed by atoms with Crippen LogP contribution in [-0.2, 0) is 0 Å². The van der Waals surface area contributed by atoms with E-state index in [-0.39, 0.29) is 27.7 Å². The van der Waals surface area contributed by atoms with Gasteiger partial charge in [-0.15, -0.1) is 0 Å². The van der Waals surface area contributed by atoms with Gasteiger partial charge < -0.3 is 5.73 Å². The summed E-state index contributed by atoms with van der Waals surface area (Å²) >= 11 is 3.31. The van der Waals surface area contributed by atoms with Crippen molar-refractivity contribution in [2.75, 3.05) is 5.73 Å². The number of aromatic nitrogens is 2. The number of nitrogens with one attached hydrogen (secondary N) is 1. The molecule has 0 fully saturated rings. The molecule has 3 rings (SSSR count). The van der Waals surface area contributed by atoms with Gasteiger partial charge in [-0.2, -0.15) is 15.0 Å². The third-order valence-corrected chi connectivity index (χ3v) is 4.17. The first-order chi connectivity index (χ1) is 12.0. The summed E-state index contributed by atoms with van der Waals surface area (Å²) in [5, 5.41) is 13.5. The number of nitrogens with two attached hydrogens (primary N) is 2. The molecule has 1 amide bonds. The van der Waals surface area contributed by atoms with E-state index in [0.29, 0.717) is 5.69 Å². The fourth-order valence-corrected chi connectivity index (χ4v) is 2.71. The van der Waals surface area contributed by atoms with E-state index in [9.17, 15) is 9.59 Å². The SMILES string of the molecule is N#Cc1ccc2c(C(=O)NN)nn(-c3ccc(Br)cc3)c(=O)c2c1N. The molecule has 0 unspecified atom stereocenters. The number of hydrogen-bond acceptors (Lipinski definition) is 6. The average molecular weight is 399 g/mol. The Balaban J connectivity index is 2.47. The first-order valence-corrected chi connectivity index (χ1v) is 7.79. The van der Waals surface area contributed by atoms with Gasteiger partial charge in [-0.25, -0.2) is 5.84 Å². The van der Waals surface area contributed by atoms with Crippen LogP contribution in [0.15, 0.2) is 45.7 Å². The molecule has 0 saturated heterocycles. The lowest BCUT2D eigenvalue weighted by Gasteiger charge is -2.12. The minimum absolute atomic E-state index is 0.00988. The second-order valence-corrected chi connectivity index (χ2v) is 5.99. The largest absolute Gasteiger partial charge is 0.397 e. The number of amides is 1. The molecule has 9 heteroatoms. The van der Waals surface area contributed by atoms with E-state index in [1.165, 1.54) is 12.1 Å². The topological polar surface area (TPSA) is 140 Å². The molecule has 0 spiro atoms. The minimum Gasteiger partial charge on any atom is -0.397 e. The zero-order valence-corrected chi connectivity index (χ0v) is 14.2. The van der Waals surface area contributed by atoms with E-state index in [1.54, 1.807) is 24.3 Å². The van der Waals surface area contributed by atoms with Gasteiger partial charge in [0.25, 0.3) is 11.5 Å². The van der Waals surface area contributed by atoms with Gasteiger partial charge in [-0.05, 0) is 30.3 Å². The number of hydrogen-bond donors (Lipinski definition) is 3. The van der Waals surface area contributed by atoms with Crippen LogP contribution >= 0.6 is 15.9 Å². The van der Waals surface area contributed by atoms with Gasteiger partial charge in [0.1, 0.15) is 6.07 Å². The molecular formula is C16H11BrN6O2. The highest BCUT2D eigenvalue weighted by Gasteiger charge is 2.20. The quantitative estimate of drug-likeness (QED) is 0.256. The summed E-state index contributed by atoms with van der Waals surface area (Å²) in [7, 11) is 0. The standard InChI is InChI=1S/C16H11BrN6O2/c17-9-2-4-10(5-3-9)23-16(25)12-11(14(22-23)15(24)21-20)6-1-8(7-18)13(12)19/h1-6H,19-20H2,(H,21,24). The molecule has 0 aliphatic heterocycles. The number of nitrogens with zero attached hydrogens (tertiary/aromatic N) is 3. The van der Waals surface area contributed by atoms with Crippen molar-refractivity contribution in [2.24, 2.45) is 5.84 Å². The van der Waals surface area contributed by atoms with E-state index < -0.39 is 11.5 Å². The van der Waals surface area contributed by atoms with Gasteiger partial charge in [-0.1, -0.05) is 22.0 Å². The van der Waals surface area contributed by atoms with Crippen molar-refractivity contribution in [1.29, 1.82) is 5.26 Å². The lowest BCUT2D eigenvalue weighted by molar-refractivity contribution is 0.0949. The molecule has 0 saturated carbocycles. The Labute approximate surface area is 149 Å². The predicted octanol–water partition coefficient (Wildman–Crippen LogP) is 1.21. The van der Waals surface area contributed by atoms with Crippen LogP contribution in [0.1, 0.15) is 16.1 Å². The van der Waals surface area contributed by atoms with Crippen molar-refractivity contribution in [2.45, 2.75) is 0 Å². The van der Waals surface area contributed by atoms with Gasteiger partial charge in [0.15, 0.2) is 5.69 Å². The number of hydrazine groups is 1. The molecule has 3 aromatic rings. The van der Waals surface area contributed by atoms with Crippen LogP contribution in [0.4, 0.5) is 5.69 Å². The van der Waals surface area contributed by atoms with Crippen molar-refractivity contribution in [1.82, 2.24) is 15.2 Å². The van der Waals surface area contributed by atoms with Crippen LogP contribution in [0.5, 0.6) is 0 Å². The second-order valence-electron chi connectivity index (χ2n) is 5.08. The maximum atomic E-state index is 12.9. The van der Waals surface area contributed by atoms with E-state index in [4.69, 9.17) is 16.8 Å². The third kappa shape index (κ3) is 2.73. The molecule has 1 heterocycles. The monoisotopic (exact) mass is 398 g/mol. The molecule has 5 N–H and O–H groups in total. The van der Waals surface area contributed by atoms with E-state index in [1.807, 2.05) is 11.5 Å². The van der Waals surface area contributed by atoms with Crippen LogP contribution in [0.3, 0.4) is 0 Å². The van der Waals surface area contributed by atoms with Crippen molar-refractivity contribution in [3.8, 4) is 11.8 Å². The van der Waals surface area contributed by atoms with Crippen molar-refractivity contribution >= 4 is 38.3 Å². The van der Waals surface area contributed by atoms with Crippen LogP contribution in [0.2, 0.25) is 0 Å². The van der Waals surface area contributed by atoms with Crippen LogP contribution in [-0.4, -0.2) is 15.7 Å². The number of halogens is 1. The fourth-order valence-electron chi connectivity index (χ4n) is 2.44. The molecule has 0 aliphatic carbocycles. The van der Waals surface area contributed by atoms with Crippen LogP contribution in [0, 0.1) is 11.3 Å². The lowest BCUT2D eigenvalue weighted by atomic mass is 10.0. The highest BCUT2D eigenvalue weighted by molar-refractivity contribution is 9.10. The summed E-state index contributed by atoms with van der Waals surface area (Å²) in [6, 6.07) is 11.6. The number of fused-ring (bicyclic) bond motifs is 1. The molecule has 0 aliphatic rings. The Hall–Kier alpha value is -3.22. The van der Waals surface area contributed by atoms with Crippen molar-refractivity contribution < 1.29 is 4.79 Å². The highest BCUT2D eigenvalue weighted by Crippen LogP contribution is 2.24. The number of carbonyl (C=O) groups is 1. The third-order valence-electron chi connectivity index (χ3n) is 3.64. The Kier molecular flexibility index (Phi) is 4.22. The lowest BCUT2D eigenvalue weighted by Crippen LogP contribution is -2.34. The minimum atomic E-state index is -0.681. The summed E-state index contributed by atoms with van der Waals surface area (Å²) in [6.45, 7) is 0. The highest BCUT2D eigenvalue weighted by atomic mass is 79.9. The van der Waals surface area contributed by atoms with Crippen molar-refractivity contribution in [3.63, 3.8) is 0 Å². The van der Waals surface area contributed by atoms with Gasteiger partial charge >= 0.3 is 0 Å². The molecule has 2 aromatic carbocycles.